The summed E-state index contributed by atoms with van der Waals surface area (Å²) in [4.78, 5) is 18.6. The van der Waals surface area contributed by atoms with E-state index in [1.807, 2.05) is 6.92 Å². The lowest BCUT2D eigenvalue weighted by molar-refractivity contribution is 0.825. The minimum Gasteiger partial charge on any atom is -0.383 e. The Morgan fingerprint density at radius 3 is 2.71 bits per heavy atom. The van der Waals surface area contributed by atoms with Gasteiger partial charge in [-0.25, -0.2) is 4.98 Å². The summed E-state index contributed by atoms with van der Waals surface area (Å²) in [5, 5.41) is 0. The molecule has 1 heterocycles. The SMILES string of the molecule is CCc1c(N)nc(C2CC2C)[nH]c1=O. The number of hydrogen-bond donors (Lipinski definition) is 2. The number of nitrogens with zero attached hydrogens (tertiary/aromatic N) is 1. The average molecular weight is 193 g/mol. The van der Waals surface area contributed by atoms with E-state index in [4.69, 9.17) is 5.73 Å². The van der Waals surface area contributed by atoms with Crippen molar-refractivity contribution in [3.63, 3.8) is 0 Å². The van der Waals surface area contributed by atoms with Gasteiger partial charge in [0.05, 0.1) is 5.56 Å². The molecule has 0 bridgehead atoms. The van der Waals surface area contributed by atoms with Crippen LogP contribution in [0.15, 0.2) is 4.79 Å². The Morgan fingerprint density at radius 2 is 2.29 bits per heavy atom. The van der Waals surface area contributed by atoms with Crippen LogP contribution in [-0.2, 0) is 6.42 Å². The fraction of sp³-hybridized carbons (Fsp3) is 0.600. The second-order valence-electron chi connectivity index (χ2n) is 3.99. The van der Waals surface area contributed by atoms with Crippen molar-refractivity contribution in [2.45, 2.75) is 32.6 Å². The first-order chi connectivity index (χ1) is 6.63. The monoisotopic (exact) mass is 193 g/mol. The van der Waals surface area contributed by atoms with Crippen molar-refractivity contribution < 1.29 is 0 Å². The van der Waals surface area contributed by atoms with Crippen molar-refractivity contribution in [1.82, 2.24) is 9.97 Å². The van der Waals surface area contributed by atoms with Gasteiger partial charge in [0.2, 0.25) is 0 Å². The van der Waals surface area contributed by atoms with Gasteiger partial charge in [-0.2, -0.15) is 0 Å². The molecule has 1 aliphatic rings. The zero-order chi connectivity index (χ0) is 10.3. The third-order valence-corrected chi connectivity index (χ3v) is 2.88. The van der Waals surface area contributed by atoms with Crippen molar-refractivity contribution in [3.05, 3.63) is 21.7 Å². The van der Waals surface area contributed by atoms with E-state index in [0.717, 1.165) is 12.2 Å². The normalized spacial score (nSPS) is 25.0. The van der Waals surface area contributed by atoms with Crippen molar-refractivity contribution in [1.29, 1.82) is 0 Å². The molecule has 1 fully saturated rings. The van der Waals surface area contributed by atoms with Gasteiger partial charge in [0.15, 0.2) is 0 Å². The Labute approximate surface area is 82.6 Å². The van der Waals surface area contributed by atoms with E-state index >= 15 is 0 Å². The van der Waals surface area contributed by atoms with Crippen LogP contribution < -0.4 is 11.3 Å². The zero-order valence-electron chi connectivity index (χ0n) is 8.50. The van der Waals surface area contributed by atoms with Gasteiger partial charge in [-0.05, 0) is 18.8 Å². The van der Waals surface area contributed by atoms with Crippen LogP contribution in [0.3, 0.4) is 0 Å². The lowest BCUT2D eigenvalue weighted by atomic mass is 10.2. The smallest absolute Gasteiger partial charge is 0.256 e. The van der Waals surface area contributed by atoms with Crippen molar-refractivity contribution in [2.75, 3.05) is 5.73 Å². The summed E-state index contributed by atoms with van der Waals surface area (Å²) in [5.74, 6) is 2.20. The van der Waals surface area contributed by atoms with Crippen LogP contribution in [0, 0.1) is 5.92 Å². The van der Waals surface area contributed by atoms with Crippen LogP contribution in [0.2, 0.25) is 0 Å². The van der Waals surface area contributed by atoms with Crippen LogP contribution in [0.1, 0.15) is 37.6 Å². The highest BCUT2D eigenvalue weighted by Crippen LogP contribution is 2.45. The van der Waals surface area contributed by atoms with Gasteiger partial charge in [-0.3, -0.25) is 4.79 Å². The number of H-pyrrole nitrogens is 1. The summed E-state index contributed by atoms with van der Waals surface area (Å²) in [6, 6.07) is 0. The number of aromatic amines is 1. The summed E-state index contributed by atoms with van der Waals surface area (Å²) >= 11 is 0. The molecule has 4 nitrogen and oxygen atoms in total. The van der Waals surface area contributed by atoms with Crippen LogP contribution in [0.25, 0.3) is 0 Å². The maximum Gasteiger partial charge on any atom is 0.256 e. The molecule has 76 valence electrons. The Morgan fingerprint density at radius 1 is 1.64 bits per heavy atom. The number of anilines is 1. The number of nitrogens with one attached hydrogen (secondary N) is 1. The van der Waals surface area contributed by atoms with Crippen LogP contribution in [-0.4, -0.2) is 9.97 Å². The first-order valence-electron chi connectivity index (χ1n) is 5.02. The highest BCUT2D eigenvalue weighted by Gasteiger charge is 2.36. The number of hydrogen-bond acceptors (Lipinski definition) is 3. The van der Waals surface area contributed by atoms with Crippen LogP contribution in [0.4, 0.5) is 5.82 Å². The van der Waals surface area contributed by atoms with E-state index in [1.54, 1.807) is 0 Å². The molecular weight excluding hydrogens is 178 g/mol. The molecule has 2 atom stereocenters. The molecule has 0 aliphatic heterocycles. The number of nitrogens with two attached hydrogens (primary N) is 1. The number of aromatic nitrogens is 2. The predicted molar refractivity (Wildman–Crippen MR) is 55.2 cm³/mol. The molecule has 0 spiro atoms. The summed E-state index contributed by atoms with van der Waals surface area (Å²) in [6.07, 6.45) is 1.74. The quantitative estimate of drug-likeness (QED) is 0.737. The van der Waals surface area contributed by atoms with E-state index in [1.165, 1.54) is 0 Å². The molecule has 3 N–H and O–H groups in total. The largest absolute Gasteiger partial charge is 0.383 e. The minimum atomic E-state index is -0.0749. The second kappa shape index (κ2) is 3.12. The summed E-state index contributed by atoms with van der Waals surface area (Å²) in [6.45, 7) is 4.05. The maximum absolute atomic E-state index is 11.6. The van der Waals surface area contributed by atoms with E-state index in [9.17, 15) is 4.79 Å². The van der Waals surface area contributed by atoms with Gasteiger partial charge in [0.1, 0.15) is 11.6 Å². The molecule has 1 saturated carbocycles. The molecule has 1 aliphatic carbocycles. The van der Waals surface area contributed by atoms with Crippen molar-refractivity contribution in [2.24, 2.45) is 5.92 Å². The van der Waals surface area contributed by atoms with E-state index in [-0.39, 0.29) is 5.56 Å². The molecule has 14 heavy (non-hydrogen) atoms. The predicted octanol–water partition coefficient (Wildman–Crippen LogP) is 1.04. The summed E-state index contributed by atoms with van der Waals surface area (Å²) in [7, 11) is 0. The first kappa shape index (κ1) is 9.24. The molecule has 1 aromatic rings. The van der Waals surface area contributed by atoms with Gasteiger partial charge >= 0.3 is 0 Å². The topological polar surface area (TPSA) is 71.8 Å². The molecule has 4 heteroatoms. The minimum absolute atomic E-state index is 0.0749. The van der Waals surface area contributed by atoms with E-state index in [2.05, 4.69) is 16.9 Å². The third-order valence-electron chi connectivity index (χ3n) is 2.88. The molecule has 2 rings (SSSR count). The zero-order valence-corrected chi connectivity index (χ0v) is 8.50. The van der Waals surface area contributed by atoms with Gasteiger partial charge in [0.25, 0.3) is 5.56 Å². The van der Waals surface area contributed by atoms with Crippen molar-refractivity contribution in [3.8, 4) is 0 Å². The molecule has 0 aromatic carbocycles. The number of rotatable bonds is 2. The van der Waals surface area contributed by atoms with Gasteiger partial charge < -0.3 is 10.7 Å². The second-order valence-corrected chi connectivity index (χ2v) is 3.99. The van der Waals surface area contributed by atoms with Gasteiger partial charge in [-0.15, -0.1) is 0 Å². The van der Waals surface area contributed by atoms with E-state index in [0.29, 0.717) is 29.6 Å². The highest BCUT2D eigenvalue weighted by molar-refractivity contribution is 5.38. The van der Waals surface area contributed by atoms with Crippen LogP contribution >= 0.6 is 0 Å². The fourth-order valence-electron chi connectivity index (χ4n) is 1.75. The Hall–Kier alpha value is -1.32. The fourth-order valence-corrected chi connectivity index (χ4v) is 1.75. The molecular formula is C10H15N3O. The first-order valence-corrected chi connectivity index (χ1v) is 5.02. The van der Waals surface area contributed by atoms with E-state index < -0.39 is 0 Å². The summed E-state index contributed by atoms with van der Waals surface area (Å²) < 4.78 is 0. The lowest BCUT2D eigenvalue weighted by Crippen LogP contribution is -2.19. The molecule has 0 radical (unpaired) electrons. The highest BCUT2D eigenvalue weighted by atomic mass is 16.1. The van der Waals surface area contributed by atoms with Crippen LogP contribution in [0.5, 0.6) is 0 Å². The van der Waals surface area contributed by atoms with Crippen molar-refractivity contribution >= 4 is 5.82 Å². The molecule has 0 amide bonds. The van der Waals surface area contributed by atoms with Gasteiger partial charge in [0, 0.05) is 5.92 Å². The molecule has 1 aromatic heterocycles. The van der Waals surface area contributed by atoms with Gasteiger partial charge in [-0.1, -0.05) is 13.8 Å². The molecule has 0 saturated heterocycles. The Balaban J connectivity index is 2.42. The number of nitrogen functional groups attached to an aromatic ring is 1. The Kier molecular flexibility index (Phi) is 2.06. The summed E-state index contributed by atoms with van der Waals surface area (Å²) in [5.41, 5.74) is 6.24. The third kappa shape index (κ3) is 1.41. The Bertz CT molecular complexity index is 410. The standard InChI is InChI=1S/C10H15N3O/c1-3-6-8(11)12-9(13-10(6)14)7-4-5(7)2/h5,7H,3-4H2,1-2H3,(H3,11,12,13,14). The maximum atomic E-state index is 11.6. The average Bonchev–Trinajstić information content (AvgIpc) is 2.82. The molecule has 2 unspecified atom stereocenters. The lowest BCUT2D eigenvalue weighted by Gasteiger charge is -2.03.